The van der Waals surface area contributed by atoms with Gasteiger partial charge in [0.1, 0.15) is 11.5 Å². The average molecular weight is 322 g/mol. The van der Waals surface area contributed by atoms with Crippen molar-refractivity contribution in [1.29, 1.82) is 0 Å². The first-order valence-corrected chi connectivity index (χ1v) is 8.58. The predicted octanol–water partition coefficient (Wildman–Crippen LogP) is 2.97. The van der Waals surface area contributed by atoms with Gasteiger partial charge in [-0.05, 0) is 29.8 Å². The van der Waals surface area contributed by atoms with Crippen molar-refractivity contribution in [2.24, 2.45) is 0 Å². The monoisotopic (exact) mass is 322 g/mol. The number of ether oxygens (including phenoxy) is 2. The van der Waals surface area contributed by atoms with Crippen LogP contribution in [-0.2, 0) is 25.6 Å². The van der Waals surface area contributed by atoms with Crippen LogP contribution in [0.3, 0.4) is 0 Å². The van der Waals surface area contributed by atoms with E-state index in [1.807, 2.05) is 54.6 Å². The Morgan fingerprint density at radius 1 is 0.864 bits per heavy atom. The maximum atomic E-state index is 10.8. The maximum Gasteiger partial charge on any atom is 0.264 e. The van der Waals surface area contributed by atoms with Gasteiger partial charge in [-0.3, -0.25) is 4.18 Å². The first-order valence-electron chi connectivity index (χ1n) is 6.77. The highest BCUT2D eigenvalue weighted by molar-refractivity contribution is 7.85. The van der Waals surface area contributed by atoms with E-state index < -0.39 is 10.1 Å². The fourth-order valence-electron chi connectivity index (χ4n) is 1.71. The summed E-state index contributed by atoms with van der Waals surface area (Å²) in [5.74, 6) is 1.53. The van der Waals surface area contributed by atoms with Gasteiger partial charge in [-0.15, -0.1) is 0 Å². The second-order valence-corrected chi connectivity index (χ2v) is 6.28. The van der Waals surface area contributed by atoms with E-state index in [-0.39, 0.29) is 13.2 Å². The van der Waals surface area contributed by atoms with Crippen LogP contribution in [0.2, 0.25) is 0 Å². The molecular weight excluding hydrogens is 304 g/mol. The molecule has 0 aromatic heterocycles. The lowest BCUT2D eigenvalue weighted by molar-refractivity contribution is 0.0911. The van der Waals surface area contributed by atoms with Crippen LogP contribution in [0.15, 0.2) is 54.6 Å². The number of rotatable bonds is 8. The molecule has 0 unspecified atom stereocenters. The van der Waals surface area contributed by atoms with Crippen LogP contribution in [0.25, 0.3) is 0 Å². The average Bonchev–Trinajstić information content (AvgIpc) is 2.48. The quantitative estimate of drug-likeness (QED) is 0.552. The SMILES string of the molecule is CS(=O)(=O)OCCOCc1ccc(Oc2ccccc2)cc1. The first kappa shape index (κ1) is 16.5. The van der Waals surface area contributed by atoms with Gasteiger partial charge in [0.15, 0.2) is 0 Å². The van der Waals surface area contributed by atoms with E-state index in [2.05, 4.69) is 4.18 Å². The number of hydrogen-bond acceptors (Lipinski definition) is 5. The van der Waals surface area contributed by atoms with Crippen LogP contribution >= 0.6 is 0 Å². The summed E-state index contributed by atoms with van der Waals surface area (Å²) in [7, 11) is -3.40. The Hall–Kier alpha value is -1.89. The lowest BCUT2D eigenvalue weighted by Gasteiger charge is -2.07. The molecule has 118 valence electrons. The van der Waals surface area contributed by atoms with E-state index in [9.17, 15) is 8.42 Å². The van der Waals surface area contributed by atoms with Crippen molar-refractivity contribution in [3.05, 3.63) is 60.2 Å². The zero-order valence-corrected chi connectivity index (χ0v) is 13.1. The Bertz CT molecular complexity index is 665. The van der Waals surface area contributed by atoms with Crippen molar-refractivity contribution < 1.29 is 22.1 Å². The molecule has 0 aliphatic heterocycles. The molecular formula is C16H18O5S. The molecule has 0 heterocycles. The molecule has 6 heteroatoms. The molecule has 0 N–H and O–H groups in total. The molecule has 5 nitrogen and oxygen atoms in total. The number of benzene rings is 2. The fraction of sp³-hybridized carbons (Fsp3) is 0.250. The molecule has 22 heavy (non-hydrogen) atoms. The summed E-state index contributed by atoms with van der Waals surface area (Å²) in [6.07, 6.45) is 1.01. The minimum atomic E-state index is -3.40. The standard InChI is InChI=1S/C16H18O5S/c1-22(17,18)20-12-11-19-13-14-7-9-16(10-8-14)21-15-5-3-2-4-6-15/h2-10H,11-13H2,1H3. The van der Waals surface area contributed by atoms with E-state index >= 15 is 0 Å². The van der Waals surface area contributed by atoms with Crippen molar-refractivity contribution in [1.82, 2.24) is 0 Å². The zero-order chi connectivity index (χ0) is 15.8. The van der Waals surface area contributed by atoms with Crippen molar-refractivity contribution in [2.45, 2.75) is 6.61 Å². The molecule has 0 saturated heterocycles. The van der Waals surface area contributed by atoms with Gasteiger partial charge in [0.25, 0.3) is 10.1 Å². The molecule has 2 rings (SSSR count). The summed E-state index contributed by atoms with van der Waals surface area (Å²) >= 11 is 0. The normalized spacial score (nSPS) is 11.3. The molecule has 0 radical (unpaired) electrons. The minimum absolute atomic E-state index is 0.0219. The summed E-state index contributed by atoms with van der Waals surface area (Å²) in [4.78, 5) is 0. The molecule has 0 fully saturated rings. The molecule has 0 aliphatic rings. The van der Waals surface area contributed by atoms with E-state index in [4.69, 9.17) is 9.47 Å². The van der Waals surface area contributed by atoms with Crippen molar-refractivity contribution in [2.75, 3.05) is 19.5 Å². The van der Waals surface area contributed by atoms with Crippen molar-refractivity contribution in [3.8, 4) is 11.5 Å². The summed E-state index contributed by atoms with van der Waals surface area (Å²) in [5, 5.41) is 0. The van der Waals surface area contributed by atoms with Crippen molar-refractivity contribution in [3.63, 3.8) is 0 Å². The maximum absolute atomic E-state index is 10.8. The minimum Gasteiger partial charge on any atom is -0.457 e. The second kappa shape index (κ2) is 7.93. The topological polar surface area (TPSA) is 61.8 Å². The Kier molecular flexibility index (Phi) is 5.94. The second-order valence-electron chi connectivity index (χ2n) is 4.64. The smallest absolute Gasteiger partial charge is 0.264 e. The van der Waals surface area contributed by atoms with Gasteiger partial charge in [0.05, 0.1) is 26.1 Å². The third kappa shape index (κ3) is 6.26. The molecule has 0 bridgehead atoms. The van der Waals surface area contributed by atoms with Crippen LogP contribution in [0, 0.1) is 0 Å². The highest BCUT2D eigenvalue weighted by atomic mass is 32.2. The van der Waals surface area contributed by atoms with Gasteiger partial charge in [-0.1, -0.05) is 30.3 Å². The van der Waals surface area contributed by atoms with Crippen LogP contribution < -0.4 is 4.74 Å². The first-order chi connectivity index (χ1) is 10.5. The van der Waals surface area contributed by atoms with Gasteiger partial charge in [0.2, 0.25) is 0 Å². The molecule has 0 aliphatic carbocycles. The van der Waals surface area contributed by atoms with Crippen LogP contribution in [-0.4, -0.2) is 27.9 Å². The van der Waals surface area contributed by atoms with Gasteiger partial charge >= 0.3 is 0 Å². The van der Waals surface area contributed by atoms with E-state index in [0.717, 1.165) is 23.3 Å². The van der Waals surface area contributed by atoms with Gasteiger partial charge in [-0.2, -0.15) is 8.42 Å². The number of para-hydroxylation sites is 1. The fourth-order valence-corrected chi connectivity index (χ4v) is 2.08. The lowest BCUT2D eigenvalue weighted by atomic mass is 10.2. The summed E-state index contributed by atoms with van der Waals surface area (Å²) < 4.78 is 37.1. The summed E-state index contributed by atoms with van der Waals surface area (Å²) in [6.45, 7) is 0.627. The zero-order valence-electron chi connectivity index (χ0n) is 12.3. The largest absolute Gasteiger partial charge is 0.457 e. The van der Waals surface area contributed by atoms with E-state index in [1.165, 1.54) is 0 Å². The van der Waals surface area contributed by atoms with Gasteiger partial charge in [-0.25, -0.2) is 0 Å². The highest BCUT2D eigenvalue weighted by Crippen LogP contribution is 2.21. The molecule has 0 amide bonds. The highest BCUT2D eigenvalue weighted by Gasteiger charge is 2.01. The van der Waals surface area contributed by atoms with Crippen molar-refractivity contribution >= 4 is 10.1 Å². The van der Waals surface area contributed by atoms with E-state index in [1.54, 1.807) is 0 Å². The summed E-state index contributed by atoms with van der Waals surface area (Å²) in [5.41, 5.74) is 0.972. The Morgan fingerprint density at radius 3 is 2.14 bits per heavy atom. The third-order valence-electron chi connectivity index (χ3n) is 2.70. The third-order valence-corrected chi connectivity index (χ3v) is 3.29. The molecule has 2 aromatic carbocycles. The van der Waals surface area contributed by atoms with Crippen LogP contribution in [0.4, 0.5) is 0 Å². The molecule has 2 aromatic rings. The molecule has 0 saturated carbocycles. The van der Waals surface area contributed by atoms with Crippen LogP contribution in [0.1, 0.15) is 5.56 Å². The van der Waals surface area contributed by atoms with Gasteiger partial charge in [0, 0.05) is 0 Å². The van der Waals surface area contributed by atoms with E-state index in [0.29, 0.717) is 6.61 Å². The number of hydrogen-bond donors (Lipinski definition) is 0. The Labute approximate surface area is 130 Å². The van der Waals surface area contributed by atoms with Gasteiger partial charge < -0.3 is 9.47 Å². The lowest BCUT2D eigenvalue weighted by Crippen LogP contribution is -2.09. The Balaban J connectivity index is 1.75. The summed E-state index contributed by atoms with van der Waals surface area (Å²) in [6, 6.07) is 17.0. The molecule has 0 atom stereocenters. The van der Waals surface area contributed by atoms with Crippen LogP contribution in [0.5, 0.6) is 11.5 Å². The predicted molar refractivity (Wildman–Crippen MR) is 83.4 cm³/mol. The molecule has 0 spiro atoms. The Morgan fingerprint density at radius 2 is 1.50 bits per heavy atom.